The van der Waals surface area contributed by atoms with E-state index < -0.39 is 24.1 Å². The van der Waals surface area contributed by atoms with Gasteiger partial charge in [-0.15, -0.1) is 0 Å². The summed E-state index contributed by atoms with van der Waals surface area (Å²) in [5.74, 6) is -1.91. The maximum absolute atomic E-state index is 13.5. The minimum atomic E-state index is -0.623. The van der Waals surface area contributed by atoms with E-state index in [4.69, 9.17) is 10.5 Å². The normalized spacial score (nSPS) is 10.2. The molecule has 0 aromatic heterocycles. The van der Waals surface area contributed by atoms with Crippen LogP contribution in [-0.4, -0.2) is 12.5 Å². The quantitative estimate of drug-likeness (QED) is 0.825. The van der Waals surface area contributed by atoms with Crippen LogP contribution < -0.4 is 15.8 Å². The number of benzene rings is 2. The number of carbonyl (C=O) groups is 1. The summed E-state index contributed by atoms with van der Waals surface area (Å²) in [6.07, 6.45) is 0. The highest BCUT2D eigenvalue weighted by Gasteiger charge is 2.10. The fraction of sp³-hybridized carbons (Fsp3) is 0.0714. The number of nitrogen functional groups attached to an aromatic ring is 1. The third-order valence-corrected chi connectivity index (χ3v) is 3.01. The van der Waals surface area contributed by atoms with E-state index in [0.29, 0.717) is 10.2 Å². The molecule has 7 heteroatoms. The zero-order chi connectivity index (χ0) is 15.4. The second kappa shape index (κ2) is 6.53. The fourth-order valence-electron chi connectivity index (χ4n) is 1.56. The molecule has 2 aromatic rings. The van der Waals surface area contributed by atoms with Crippen molar-refractivity contribution in [3.8, 4) is 5.75 Å². The minimum Gasteiger partial charge on any atom is -0.481 e. The highest BCUT2D eigenvalue weighted by atomic mass is 79.9. The summed E-state index contributed by atoms with van der Waals surface area (Å²) in [5.41, 5.74) is 5.75. The number of halogens is 3. The molecule has 0 bridgehead atoms. The highest BCUT2D eigenvalue weighted by Crippen LogP contribution is 2.21. The summed E-state index contributed by atoms with van der Waals surface area (Å²) in [5, 5.41) is 2.30. The Morgan fingerprint density at radius 3 is 2.67 bits per heavy atom. The average molecular weight is 357 g/mol. The van der Waals surface area contributed by atoms with E-state index in [2.05, 4.69) is 21.2 Å². The Bertz CT molecular complexity index is 680. The van der Waals surface area contributed by atoms with Gasteiger partial charge in [-0.2, -0.15) is 0 Å². The van der Waals surface area contributed by atoms with Gasteiger partial charge in [0, 0.05) is 10.2 Å². The Morgan fingerprint density at radius 2 is 1.95 bits per heavy atom. The lowest BCUT2D eigenvalue weighted by Crippen LogP contribution is -2.21. The number of hydrogen-bond donors (Lipinski definition) is 2. The van der Waals surface area contributed by atoms with Gasteiger partial charge in [0.2, 0.25) is 0 Å². The molecule has 0 saturated heterocycles. The van der Waals surface area contributed by atoms with Crippen LogP contribution in [-0.2, 0) is 4.79 Å². The summed E-state index contributed by atoms with van der Waals surface area (Å²) in [6.45, 7) is -0.452. The molecule has 0 fully saturated rings. The van der Waals surface area contributed by atoms with Gasteiger partial charge in [-0.05, 0) is 36.4 Å². The van der Waals surface area contributed by atoms with Crippen molar-refractivity contribution >= 4 is 33.2 Å². The lowest BCUT2D eigenvalue weighted by Gasteiger charge is -2.09. The molecule has 0 spiro atoms. The molecular formula is C14H11BrF2N2O2. The predicted molar refractivity (Wildman–Crippen MR) is 79.0 cm³/mol. The Kier molecular flexibility index (Phi) is 4.74. The predicted octanol–water partition coefficient (Wildman–Crippen LogP) is 3.33. The van der Waals surface area contributed by atoms with Gasteiger partial charge in [-0.3, -0.25) is 4.79 Å². The van der Waals surface area contributed by atoms with Crippen LogP contribution in [0.3, 0.4) is 0 Å². The van der Waals surface area contributed by atoms with E-state index in [1.165, 1.54) is 24.3 Å². The smallest absolute Gasteiger partial charge is 0.262 e. The molecule has 0 unspecified atom stereocenters. The molecule has 3 N–H and O–H groups in total. The van der Waals surface area contributed by atoms with Crippen molar-refractivity contribution in [1.29, 1.82) is 0 Å². The van der Waals surface area contributed by atoms with Crippen LogP contribution in [0.2, 0.25) is 0 Å². The van der Waals surface area contributed by atoms with Gasteiger partial charge in [0.05, 0.1) is 5.69 Å². The highest BCUT2D eigenvalue weighted by molar-refractivity contribution is 9.10. The van der Waals surface area contributed by atoms with Crippen LogP contribution in [0.4, 0.5) is 20.2 Å². The third kappa shape index (κ3) is 4.16. The van der Waals surface area contributed by atoms with E-state index in [1.54, 1.807) is 6.07 Å². The van der Waals surface area contributed by atoms with Crippen molar-refractivity contribution in [2.75, 3.05) is 17.7 Å². The van der Waals surface area contributed by atoms with Gasteiger partial charge < -0.3 is 15.8 Å². The standard InChI is InChI=1S/C14H11BrF2N2O2/c15-8-1-4-13(11(17)5-8)21-7-14(20)19-12-6-9(18)2-3-10(12)16/h1-6H,7,18H2,(H,19,20). The number of anilines is 2. The summed E-state index contributed by atoms with van der Waals surface area (Å²) in [7, 11) is 0. The zero-order valence-corrected chi connectivity index (χ0v) is 12.3. The molecule has 2 rings (SSSR count). The molecule has 0 atom stereocenters. The van der Waals surface area contributed by atoms with E-state index in [9.17, 15) is 13.6 Å². The first kappa shape index (κ1) is 15.2. The summed E-state index contributed by atoms with van der Waals surface area (Å²) in [4.78, 5) is 11.7. The van der Waals surface area contributed by atoms with Crippen LogP contribution in [0.25, 0.3) is 0 Å². The maximum Gasteiger partial charge on any atom is 0.262 e. The molecule has 0 aliphatic rings. The van der Waals surface area contributed by atoms with Crippen molar-refractivity contribution in [2.45, 2.75) is 0 Å². The van der Waals surface area contributed by atoms with Crippen LogP contribution in [0.15, 0.2) is 40.9 Å². The first-order chi connectivity index (χ1) is 9.95. The molecule has 0 saturated carbocycles. The van der Waals surface area contributed by atoms with Crippen molar-refractivity contribution in [3.05, 3.63) is 52.5 Å². The number of carbonyl (C=O) groups excluding carboxylic acids is 1. The molecule has 4 nitrogen and oxygen atoms in total. The minimum absolute atomic E-state index is 0.0557. The zero-order valence-electron chi connectivity index (χ0n) is 10.7. The van der Waals surface area contributed by atoms with Crippen LogP contribution in [0, 0.1) is 11.6 Å². The third-order valence-electron chi connectivity index (χ3n) is 2.52. The van der Waals surface area contributed by atoms with Gasteiger partial charge in [0.15, 0.2) is 18.2 Å². The number of amides is 1. The molecular weight excluding hydrogens is 346 g/mol. The second-order valence-corrected chi connectivity index (χ2v) is 5.07. The van der Waals surface area contributed by atoms with Gasteiger partial charge in [0.25, 0.3) is 5.91 Å². The first-order valence-corrected chi connectivity index (χ1v) is 6.68. The molecule has 21 heavy (non-hydrogen) atoms. The van der Waals surface area contributed by atoms with Crippen molar-refractivity contribution in [1.82, 2.24) is 0 Å². The summed E-state index contributed by atoms with van der Waals surface area (Å²) >= 11 is 3.11. The molecule has 110 valence electrons. The lowest BCUT2D eigenvalue weighted by atomic mass is 10.2. The van der Waals surface area contributed by atoms with Gasteiger partial charge in [-0.25, -0.2) is 8.78 Å². The molecule has 1 amide bonds. The van der Waals surface area contributed by atoms with Crippen LogP contribution in [0.5, 0.6) is 5.75 Å². The van der Waals surface area contributed by atoms with Crippen molar-refractivity contribution in [2.24, 2.45) is 0 Å². The summed E-state index contributed by atoms with van der Waals surface area (Å²) in [6, 6.07) is 7.97. The average Bonchev–Trinajstić information content (AvgIpc) is 2.42. The second-order valence-electron chi connectivity index (χ2n) is 4.15. The van der Waals surface area contributed by atoms with Crippen LogP contribution in [0.1, 0.15) is 0 Å². The fourth-order valence-corrected chi connectivity index (χ4v) is 1.89. The van der Waals surface area contributed by atoms with E-state index in [-0.39, 0.29) is 11.4 Å². The van der Waals surface area contributed by atoms with Gasteiger partial charge in [-0.1, -0.05) is 15.9 Å². The lowest BCUT2D eigenvalue weighted by molar-refractivity contribution is -0.118. The van der Waals surface area contributed by atoms with Crippen LogP contribution >= 0.6 is 15.9 Å². The largest absolute Gasteiger partial charge is 0.481 e. The Labute approximate surface area is 128 Å². The summed E-state index contributed by atoms with van der Waals surface area (Å²) < 4.78 is 32.5. The number of rotatable bonds is 4. The van der Waals surface area contributed by atoms with Crippen molar-refractivity contribution < 1.29 is 18.3 Å². The molecule has 0 aliphatic heterocycles. The van der Waals surface area contributed by atoms with E-state index in [0.717, 1.165) is 6.07 Å². The number of hydrogen-bond acceptors (Lipinski definition) is 3. The van der Waals surface area contributed by atoms with Gasteiger partial charge in [0.1, 0.15) is 5.82 Å². The van der Waals surface area contributed by atoms with Gasteiger partial charge >= 0.3 is 0 Å². The molecule has 0 aliphatic carbocycles. The Balaban J connectivity index is 1.97. The monoisotopic (exact) mass is 356 g/mol. The molecule has 0 heterocycles. The number of ether oxygens (including phenoxy) is 1. The number of nitrogens with two attached hydrogens (primary N) is 1. The van der Waals surface area contributed by atoms with E-state index in [1.807, 2.05) is 0 Å². The Morgan fingerprint density at radius 1 is 1.19 bits per heavy atom. The topological polar surface area (TPSA) is 64.3 Å². The maximum atomic E-state index is 13.5. The molecule has 0 radical (unpaired) electrons. The molecule has 2 aromatic carbocycles. The Hall–Kier alpha value is -2.15. The van der Waals surface area contributed by atoms with E-state index >= 15 is 0 Å². The first-order valence-electron chi connectivity index (χ1n) is 5.88. The van der Waals surface area contributed by atoms with Crippen molar-refractivity contribution in [3.63, 3.8) is 0 Å². The SMILES string of the molecule is Nc1ccc(F)c(NC(=O)COc2ccc(Br)cc2F)c1. The number of nitrogens with one attached hydrogen (secondary N) is 1.